The number of ether oxygens (including phenoxy) is 1. The minimum Gasteiger partial charge on any atom is -0.497 e. The second-order valence-corrected chi connectivity index (χ2v) is 5.15. The third-order valence-corrected chi connectivity index (χ3v) is 3.85. The molecule has 1 heterocycles. The summed E-state index contributed by atoms with van der Waals surface area (Å²) < 4.78 is 7.28. The zero-order chi connectivity index (χ0) is 14.8. The Morgan fingerprint density at radius 3 is 2.76 bits per heavy atom. The predicted octanol–water partition coefficient (Wildman–Crippen LogP) is 3.18. The molecule has 0 saturated heterocycles. The summed E-state index contributed by atoms with van der Waals surface area (Å²) >= 11 is 0. The van der Waals surface area contributed by atoms with Crippen LogP contribution in [-0.4, -0.2) is 16.7 Å². The maximum Gasteiger partial charge on any atom is 0.201 e. The Kier molecular flexibility index (Phi) is 3.52. The number of aryl methyl sites for hydroxylation is 3. The average molecular weight is 281 g/mol. The summed E-state index contributed by atoms with van der Waals surface area (Å²) in [5.74, 6) is 1.35. The zero-order valence-corrected chi connectivity index (χ0v) is 12.3. The van der Waals surface area contributed by atoms with E-state index in [1.165, 1.54) is 11.1 Å². The van der Waals surface area contributed by atoms with Gasteiger partial charge >= 0.3 is 0 Å². The predicted molar refractivity (Wildman–Crippen MR) is 85.6 cm³/mol. The number of nitrogens with zero attached hydrogens (tertiary/aromatic N) is 2. The molecule has 21 heavy (non-hydrogen) atoms. The SMILES string of the molecule is COc1ccc2c(c1)nc(N)n2CCc1ccccc1C. The third kappa shape index (κ3) is 2.57. The number of benzene rings is 2. The smallest absolute Gasteiger partial charge is 0.201 e. The lowest BCUT2D eigenvalue weighted by molar-refractivity contribution is 0.415. The molecule has 3 aromatic rings. The van der Waals surface area contributed by atoms with Gasteiger partial charge in [-0.2, -0.15) is 0 Å². The number of nitrogens with two attached hydrogens (primary N) is 1. The van der Waals surface area contributed by atoms with Crippen LogP contribution >= 0.6 is 0 Å². The lowest BCUT2D eigenvalue weighted by atomic mass is 10.1. The normalized spacial score (nSPS) is 11.0. The molecule has 1 aromatic heterocycles. The number of nitrogen functional groups attached to an aromatic ring is 1. The molecule has 0 aliphatic rings. The van der Waals surface area contributed by atoms with Crippen LogP contribution in [0.15, 0.2) is 42.5 Å². The standard InChI is InChI=1S/C17H19N3O/c1-12-5-3-4-6-13(12)9-10-20-16-8-7-14(21-2)11-15(16)19-17(20)18/h3-8,11H,9-10H2,1-2H3,(H2,18,19). The number of rotatable bonds is 4. The van der Waals surface area contributed by atoms with Crippen LogP contribution in [-0.2, 0) is 13.0 Å². The van der Waals surface area contributed by atoms with Crippen LogP contribution in [0.2, 0.25) is 0 Å². The number of aromatic nitrogens is 2. The van der Waals surface area contributed by atoms with E-state index in [1.54, 1.807) is 7.11 Å². The van der Waals surface area contributed by atoms with Crippen LogP contribution in [0.3, 0.4) is 0 Å². The summed E-state index contributed by atoms with van der Waals surface area (Å²) in [7, 11) is 1.65. The highest BCUT2D eigenvalue weighted by Crippen LogP contribution is 2.23. The summed E-state index contributed by atoms with van der Waals surface area (Å²) in [5.41, 5.74) is 10.6. The van der Waals surface area contributed by atoms with Crippen molar-refractivity contribution < 1.29 is 4.74 Å². The molecule has 4 heteroatoms. The molecule has 0 fully saturated rings. The molecule has 0 amide bonds. The van der Waals surface area contributed by atoms with Crippen LogP contribution in [0.25, 0.3) is 11.0 Å². The van der Waals surface area contributed by atoms with E-state index in [9.17, 15) is 0 Å². The first-order chi connectivity index (χ1) is 10.2. The lowest BCUT2D eigenvalue weighted by Gasteiger charge is -2.09. The summed E-state index contributed by atoms with van der Waals surface area (Å²) in [4.78, 5) is 4.42. The van der Waals surface area contributed by atoms with E-state index in [4.69, 9.17) is 10.5 Å². The Morgan fingerprint density at radius 1 is 1.19 bits per heavy atom. The summed E-state index contributed by atoms with van der Waals surface area (Å²) in [5, 5.41) is 0. The zero-order valence-electron chi connectivity index (χ0n) is 12.3. The molecule has 0 unspecified atom stereocenters. The molecule has 0 aliphatic carbocycles. The summed E-state index contributed by atoms with van der Waals surface area (Å²) in [6.07, 6.45) is 0.939. The molecule has 0 saturated carbocycles. The fraction of sp³-hybridized carbons (Fsp3) is 0.235. The highest BCUT2D eigenvalue weighted by atomic mass is 16.5. The minimum absolute atomic E-state index is 0.548. The van der Waals surface area contributed by atoms with E-state index in [0.29, 0.717) is 5.95 Å². The van der Waals surface area contributed by atoms with Crippen molar-refractivity contribution in [1.29, 1.82) is 0 Å². The van der Waals surface area contributed by atoms with Gasteiger partial charge in [-0.05, 0) is 36.6 Å². The van der Waals surface area contributed by atoms with Gasteiger partial charge in [0.25, 0.3) is 0 Å². The van der Waals surface area contributed by atoms with Gasteiger partial charge in [0.15, 0.2) is 0 Å². The summed E-state index contributed by atoms with van der Waals surface area (Å²) in [6.45, 7) is 2.95. The molecule has 4 nitrogen and oxygen atoms in total. The first-order valence-corrected chi connectivity index (χ1v) is 7.03. The molecule has 2 N–H and O–H groups in total. The second-order valence-electron chi connectivity index (χ2n) is 5.15. The Bertz CT molecular complexity index is 777. The maximum atomic E-state index is 6.06. The number of hydrogen-bond acceptors (Lipinski definition) is 3. The number of methoxy groups -OCH3 is 1. The molecule has 108 valence electrons. The van der Waals surface area contributed by atoms with Crippen molar-refractivity contribution in [3.8, 4) is 5.75 Å². The number of imidazole rings is 1. The van der Waals surface area contributed by atoms with Crippen LogP contribution in [0.1, 0.15) is 11.1 Å². The first kappa shape index (κ1) is 13.5. The quantitative estimate of drug-likeness (QED) is 0.799. The highest BCUT2D eigenvalue weighted by Gasteiger charge is 2.09. The van der Waals surface area contributed by atoms with E-state index in [2.05, 4.69) is 40.7 Å². The molecule has 0 spiro atoms. The maximum absolute atomic E-state index is 6.06. The monoisotopic (exact) mass is 281 g/mol. The van der Waals surface area contributed by atoms with E-state index >= 15 is 0 Å². The number of hydrogen-bond donors (Lipinski definition) is 1. The van der Waals surface area contributed by atoms with Gasteiger partial charge in [0, 0.05) is 12.6 Å². The molecular formula is C17H19N3O. The van der Waals surface area contributed by atoms with Gasteiger partial charge in [0.2, 0.25) is 5.95 Å². The second kappa shape index (κ2) is 5.48. The Balaban J connectivity index is 1.90. The van der Waals surface area contributed by atoms with Gasteiger partial charge in [-0.3, -0.25) is 0 Å². The van der Waals surface area contributed by atoms with Gasteiger partial charge in [0.05, 0.1) is 18.1 Å². The third-order valence-electron chi connectivity index (χ3n) is 3.85. The van der Waals surface area contributed by atoms with Crippen molar-refractivity contribution in [2.24, 2.45) is 0 Å². The fourth-order valence-corrected chi connectivity index (χ4v) is 2.61. The van der Waals surface area contributed by atoms with Crippen LogP contribution in [0, 0.1) is 6.92 Å². The molecular weight excluding hydrogens is 262 g/mol. The number of fused-ring (bicyclic) bond motifs is 1. The lowest BCUT2D eigenvalue weighted by Crippen LogP contribution is -2.06. The molecule has 2 aromatic carbocycles. The minimum atomic E-state index is 0.548. The van der Waals surface area contributed by atoms with Crippen molar-refractivity contribution in [2.45, 2.75) is 19.9 Å². The van der Waals surface area contributed by atoms with E-state index in [1.807, 2.05) is 18.2 Å². The van der Waals surface area contributed by atoms with Crippen molar-refractivity contribution in [1.82, 2.24) is 9.55 Å². The van der Waals surface area contributed by atoms with Crippen molar-refractivity contribution >= 4 is 17.0 Å². The Hall–Kier alpha value is -2.49. The van der Waals surface area contributed by atoms with E-state index in [0.717, 1.165) is 29.7 Å². The molecule has 0 bridgehead atoms. The van der Waals surface area contributed by atoms with Crippen molar-refractivity contribution in [2.75, 3.05) is 12.8 Å². The Labute approximate surface area is 124 Å². The largest absolute Gasteiger partial charge is 0.497 e. The van der Waals surface area contributed by atoms with Gasteiger partial charge in [-0.25, -0.2) is 4.98 Å². The highest BCUT2D eigenvalue weighted by molar-refractivity contribution is 5.79. The average Bonchev–Trinajstić information content (AvgIpc) is 2.81. The molecule has 0 aliphatic heterocycles. The van der Waals surface area contributed by atoms with Crippen molar-refractivity contribution in [3.63, 3.8) is 0 Å². The molecule has 0 radical (unpaired) electrons. The number of anilines is 1. The van der Waals surface area contributed by atoms with Crippen molar-refractivity contribution in [3.05, 3.63) is 53.6 Å². The molecule has 0 atom stereocenters. The van der Waals surface area contributed by atoms with Gasteiger partial charge < -0.3 is 15.0 Å². The van der Waals surface area contributed by atoms with Crippen LogP contribution in [0.4, 0.5) is 5.95 Å². The summed E-state index contributed by atoms with van der Waals surface area (Å²) in [6, 6.07) is 14.3. The fourth-order valence-electron chi connectivity index (χ4n) is 2.61. The van der Waals surface area contributed by atoms with E-state index < -0.39 is 0 Å². The molecule has 3 rings (SSSR count). The van der Waals surface area contributed by atoms with Gasteiger partial charge in [0.1, 0.15) is 5.75 Å². The Morgan fingerprint density at radius 2 is 2.00 bits per heavy atom. The first-order valence-electron chi connectivity index (χ1n) is 7.03. The van der Waals surface area contributed by atoms with Crippen LogP contribution < -0.4 is 10.5 Å². The van der Waals surface area contributed by atoms with Gasteiger partial charge in [-0.1, -0.05) is 24.3 Å². The van der Waals surface area contributed by atoms with E-state index in [-0.39, 0.29) is 0 Å². The van der Waals surface area contributed by atoms with Crippen LogP contribution in [0.5, 0.6) is 5.75 Å². The topological polar surface area (TPSA) is 53.1 Å². The van der Waals surface area contributed by atoms with Gasteiger partial charge in [-0.15, -0.1) is 0 Å².